The standard InChI is InChI=1S/C6H7NO2.ClH/c7-6(8)4-5-2-1-3-9-5;/h1-3H,4H2,(H2,7,8);1H. The number of furan rings is 1. The zero-order valence-electron chi connectivity index (χ0n) is 5.24. The lowest BCUT2D eigenvalue weighted by Crippen LogP contribution is -2.12. The van der Waals surface area contributed by atoms with Gasteiger partial charge in [-0.15, -0.1) is 12.4 Å². The van der Waals surface area contributed by atoms with Crippen molar-refractivity contribution in [2.75, 3.05) is 0 Å². The molecule has 1 amide bonds. The molecule has 0 saturated heterocycles. The zero-order chi connectivity index (χ0) is 6.69. The van der Waals surface area contributed by atoms with Crippen molar-refractivity contribution in [2.45, 2.75) is 6.42 Å². The molecule has 0 aliphatic rings. The molecule has 1 aromatic heterocycles. The van der Waals surface area contributed by atoms with Crippen LogP contribution in [0.3, 0.4) is 0 Å². The molecule has 0 unspecified atom stereocenters. The largest absolute Gasteiger partial charge is 0.469 e. The minimum Gasteiger partial charge on any atom is -0.469 e. The minimum absolute atomic E-state index is 0. The molecule has 0 atom stereocenters. The lowest BCUT2D eigenvalue weighted by Gasteiger charge is -1.86. The fraction of sp³-hybridized carbons (Fsp3) is 0.167. The van der Waals surface area contributed by atoms with Gasteiger partial charge in [-0.1, -0.05) is 0 Å². The maximum Gasteiger partial charge on any atom is 0.225 e. The summed E-state index contributed by atoms with van der Waals surface area (Å²) in [4.78, 5) is 10.2. The quantitative estimate of drug-likeness (QED) is 0.695. The highest BCUT2D eigenvalue weighted by atomic mass is 35.5. The van der Waals surface area contributed by atoms with Gasteiger partial charge in [-0.3, -0.25) is 4.79 Å². The van der Waals surface area contributed by atoms with E-state index in [1.54, 1.807) is 12.1 Å². The first kappa shape index (κ1) is 9.04. The van der Waals surface area contributed by atoms with Gasteiger partial charge in [0, 0.05) is 0 Å². The molecule has 56 valence electrons. The van der Waals surface area contributed by atoms with Crippen LogP contribution in [0.5, 0.6) is 0 Å². The van der Waals surface area contributed by atoms with Crippen LogP contribution in [0, 0.1) is 0 Å². The van der Waals surface area contributed by atoms with E-state index in [1.165, 1.54) is 6.26 Å². The molecule has 0 aliphatic heterocycles. The minimum atomic E-state index is -0.370. The Morgan fingerprint density at radius 2 is 2.40 bits per heavy atom. The molecule has 1 heterocycles. The van der Waals surface area contributed by atoms with Crippen molar-refractivity contribution in [2.24, 2.45) is 5.73 Å². The molecule has 0 radical (unpaired) electrons. The van der Waals surface area contributed by atoms with Gasteiger partial charge in [-0.05, 0) is 12.1 Å². The first-order valence-electron chi connectivity index (χ1n) is 2.60. The Hall–Kier alpha value is -0.960. The van der Waals surface area contributed by atoms with Gasteiger partial charge in [0.25, 0.3) is 0 Å². The van der Waals surface area contributed by atoms with Gasteiger partial charge in [-0.25, -0.2) is 0 Å². The Balaban J connectivity index is 0.000000810. The predicted octanol–water partition coefficient (Wildman–Crippen LogP) is 0.729. The molecule has 0 saturated carbocycles. The summed E-state index contributed by atoms with van der Waals surface area (Å²) < 4.78 is 4.84. The number of rotatable bonds is 2. The first-order chi connectivity index (χ1) is 4.29. The van der Waals surface area contributed by atoms with Crippen LogP contribution < -0.4 is 5.73 Å². The van der Waals surface area contributed by atoms with E-state index in [-0.39, 0.29) is 24.7 Å². The monoisotopic (exact) mass is 161 g/mol. The molecular weight excluding hydrogens is 154 g/mol. The topological polar surface area (TPSA) is 56.2 Å². The number of carbonyl (C=O) groups excluding carboxylic acids is 1. The zero-order valence-corrected chi connectivity index (χ0v) is 6.06. The SMILES string of the molecule is Cl.NC(=O)Cc1ccco1. The van der Waals surface area contributed by atoms with Crippen molar-refractivity contribution >= 4 is 18.3 Å². The van der Waals surface area contributed by atoms with E-state index in [4.69, 9.17) is 10.2 Å². The van der Waals surface area contributed by atoms with Crippen LogP contribution in [0.25, 0.3) is 0 Å². The van der Waals surface area contributed by atoms with Crippen molar-refractivity contribution < 1.29 is 9.21 Å². The number of primary amides is 1. The second-order valence-electron chi connectivity index (χ2n) is 1.72. The summed E-state index contributed by atoms with van der Waals surface area (Å²) >= 11 is 0. The first-order valence-corrected chi connectivity index (χ1v) is 2.60. The fourth-order valence-corrected chi connectivity index (χ4v) is 0.585. The molecule has 1 aromatic rings. The molecular formula is C6H8ClNO2. The van der Waals surface area contributed by atoms with Gasteiger partial charge in [0.1, 0.15) is 5.76 Å². The highest BCUT2D eigenvalue weighted by molar-refractivity contribution is 5.85. The van der Waals surface area contributed by atoms with E-state index in [2.05, 4.69) is 0 Å². The second-order valence-corrected chi connectivity index (χ2v) is 1.72. The van der Waals surface area contributed by atoms with Crippen LogP contribution in [-0.4, -0.2) is 5.91 Å². The third-order valence-electron chi connectivity index (χ3n) is 0.929. The molecule has 0 aliphatic carbocycles. The van der Waals surface area contributed by atoms with E-state index in [9.17, 15) is 4.79 Å². The third kappa shape index (κ3) is 2.55. The van der Waals surface area contributed by atoms with Gasteiger partial charge >= 0.3 is 0 Å². The van der Waals surface area contributed by atoms with E-state index < -0.39 is 0 Å². The highest BCUT2D eigenvalue weighted by Crippen LogP contribution is 1.98. The van der Waals surface area contributed by atoms with Crippen molar-refractivity contribution in [3.05, 3.63) is 24.2 Å². The Bertz CT molecular complexity index is 196. The van der Waals surface area contributed by atoms with Crippen LogP contribution in [0.4, 0.5) is 0 Å². The molecule has 1 rings (SSSR count). The van der Waals surface area contributed by atoms with Crippen LogP contribution in [0.2, 0.25) is 0 Å². The van der Waals surface area contributed by atoms with Gasteiger partial charge in [0.2, 0.25) is 5.91 Å². The molecule has 10 heavy (non-hydrogen) atoms. The van der Waals surface area contributed by atoms with E-state index >= 15 is 0 Å². The summed E-state index contributed by atoms with van der Waals surface area (Å²) in [5.74, 6) is 0.243. The summed E-state index contributed by atoms with van der Waals surface area (Å²) in [6.07, 6.45) is 1.70. The van der Waals surface area contributed by atoms with Crippen LogP contribution in [-0.2, 0) is 11.2 Å². The average molecular weight is 162 g/mol. The van der Waals surface area contributed by atoms with Crippen molar-refractivity contribution in [3.8, 4) is 0 Å². The van der Waals surface area contributed by atoms with Crippen molar-refractivity contribution in [1.29, 1.82) is 0 Å². The van der Waals surface area contributed by atoms with Crippen molar-refractivity contribution in [3.63, 3.8) is 0 Å². The lowest BCUT2D eigenvalue weighted by atomic mass is 10.3. The third-order valence-corrected chi connectivity index (χ3v) is 0.929. The second kappa shape index (κ2) is 3.95. The summed E-state index contributed by atoms with van der Waals surface area (Å²) in [6, 6.07) is 3.43. The van der Waals surface area contributed by atoms with E-state index in [0.29, 0.717) is 5.76 Å². The number of amides is 1. The van der Waals surface area contributed by atoms with Gasteiger partial charge in [0.15, 0.2) is 0 Å². The van der Waals surface area contributed by atoms with Crippen molar-refractivity contribution in [1.82, 2.24) is 0 Å². The van der Waals surface area contributed by atoms with Crippen LogP contribution >= 0.6 is 12.4 Å². The predicted molar refractivity (Wildman–Crippen MR) is 38.9 cm³/mol. The van der Waals surface area contributed by atoms with E-state index in [1.807, 2.05) is 0 Å². The Morgan fingerprint density at radius 1 is 1.70 bits per heavy atom. The summed E-state index contributed by atoms with van der Waals surface area (Å²) in [5.41, 5.74) is 4.88. The number of hydrogen-bond acceptors (Lipinski definition) is 2. The number of hydrogen-bond donors (Lipinski definition) is 1. The lowest BCUT2D eigenvalue weighted by molar-refractivity contribution is -0.117. The molecule has 4 heteroatoms. The summed E-state index contributed by atoms with van der Waals surface area (Å²) in [5, 5.41) is 0. The molecule has 0 aromatic carbocycles. The van der Waals surface area contributed by atoms with Gasteiger partial charge in [-0.2, -0.15) is 0 Å². The highest BCUT2D eigenvalue weighted by Gasteiger charge is 1.98. The molecule has 3 nitrogen and oxygen atoms in total. The smallest absolute Gasteiger partial charge is 0.225 e. The molecule has 2 N–H and O–H groups in total. The number of nitrogens with two attached hydrogens (primary N) is 1. The molecule has 0 spiro atoms. The normalized spacial score (nSPS) is 8.40. The average Bonchev–Trinajstić information content (AvgIpc) is 2.15. The van der Waals surface area contributed by atoms with Gasteiger partial charge < -0.3 is 10.2 Å². The number of halogens is 1. The number of carbonyl (C=O) groups is 1. The maximum absolute atomic E-state index is 10.2. The summed E-state index contributed by atoms with van der Waals surface area (Å²) in [6.45, 7) is 0. The Morgan fingerprint density at radius 3 is 2.80 bits per heavy atom. The molecule has 0 bridgehead atoms. The fourth-order valence-electron chi connectivity index (χ4n) is 0.585. The van der Waals surface area contributed by atoms with E-state index in [0.717, 1.165) is 0 Å². The maximum atomic E-state index is 10.2. The molecule has 0 fully saturated rings. The van der Waals surface area contributed by atoms with Crippen LogP contribution in [0.1, 0.15) is 5.76 Å². The Labute approximate surface area is 64.6 Å². The van der Waals surface area contributed by atoms with Gasteiger partial charge in [0.05, 0.1) is 12.7 Å². The van der Waals surface area contributed by atoms with Crippen LogP contribution in [0.15, 0.2) is 22.8 Å². The summed E-state index contributed by atoms with van der Waals surface area (Å²) in [7, 11) is 0. The Kier molecular flexibility index (Phi) is 3.57.